The Hall–Kier alpha value is -1.15. The summed E-state index contributed by atoms with van der Waals surface area (Å²) in [7, 11) is 0. The number of hydrogen-bond donors (Lipinski definition) is 1. The van der Waals surface area contributed by atoms with E-state index in [0.29, 0.717) is 6.42 Å². The highest BCUT2D eigenvalue weighted by atomic mass is 16.2. The summed E-state index contributed by atoms with van der Waals surface area (Å²) >= 11 is 0. The molecule has 0 fully saturated rings. The number of Topliss-reactive ketones (excluding diaryl/α,β-unsaturated/α-hetero) is 1. The molecule has 0 radical (unpaired) electrons. The van der Waals surface area contributed by atoms with Crippen LogP contribution in [0.25, 0.3) is 0 Å². The number of benzene rings is 1. The van der Waals surface area contributed by atoms with Crippen LogP contribution in [0, 0.1) is 0 Å². The summed E-state index contributed by atoms with van der Waals surface area (Å²) in [6.07, 6.45) is 9.54. The molecule has 0 saturated heterocycles. The van der Waals surface area contributed by atoms with Crippen LogP contribution in [0.15, 0.2) is 24.3 Å². The Bertz CT molecular complexity index is 385. The molecule has 1 rings (SSSR count). The van der Waals surface area contributed by atoms with Crippen molar-refractivity contribution in [3.8, 4) is 0 Å². The van der Waals surface area contributed by atoms with Gasteiger partial charge in [0.1, 0.15) is 0 Å². The highest BCUT2D eigenvalue weighted by Gasteiger charge is 2.06. The first kappa shape index (κ1) is 16.9. The van der Waals surface area contributed by atoms with E-state index >= 15 is 0 Å². The van der Waals surface area contributed by atoms with Gasteiger partial charge in [-0.3, -0.25) is 4.79 Å². The summed E-state index contributed by atoms with van der Waals surface area (Å²) < 4.78 is 0. The van der Waals surface area contributed by atoms with Crippen LogP contribution < -0.4 is 0 Å². The Morgan fingerprint density at radius 1 is 1.05 bits per heavy atom. The smallest absolute Gasteiger partial charge is 0.162 e. The van der Waals surface area contributed by atoms with Gasteiger partial charge in [-0.25, -0.2) is 0 Å². The maximum atomic E-state index is 12.1. The summed E-state index contributed by atoms with van der Waals surface area (Å²) in [6, 6.07) is 7.86. The van der Waals surface area contributed by atoms with Crippen LogP contribution in [0.2, 0.25) is 0 Å². The lowest BCUT2D eigenvalue weighted by Crippen LogP contribution is -2.00. The lowest BCUT2D eigenvalue weighted by atomic mass is 10.0. The zero-order valence-electron chi connectivity index (χ0n) is 12.7. The molecule has 1 aromatic rings. The van der Waals surface area contributed by atoms with Gasteiger partial charge in [0.05, 0.1) is 0 Å². The number of unbranched alkanes of at least 4 members (excludes halogenated alkanes) is 5. The Kier molecular flexibility index (Phi) is 8.97. The van der Waals surface area contributed by atoms with Crippen molar-refractivity contribution in [2.45, 2.75) is 64.7 Å². The van der Waals surface area contributed by atoms with Crippen molar-refractivity contribution in [2.75, 3.05) is 6.61 Å². The number of rotatable bonds is 11. The monoisotopic (exact) mass is 276 g/mol. The van der Waals surface area contributed by atoms with Gasteiger partial charge in [-0.1, -0.05) is 57.2 Å². The number of carbonyl (C=O) groups is 1. The molecule has 112 valence electrons. The molecular formula is C18H28O2. The second-order valence-electron chi connectivity index (χ2n) is 5.47. The van der Waals surface area contributed by atoms with Crippen LogP contribution in [-0.4, -0.2) is 17.5 Å². The van der Waals surface area contributed by atoms with Crippen molar-refractivity contribution >= 4 is 5.78 Å². The van der Waals surface area contributed by atoms with E-state index in [2.05, 4.69) is 6.92 Å². The molecule has 1 N–H and O–H groups in total. The Morgan fingerprint density at radius 3 is 2.55 bits per heavy atom. The Balaban J connectivity index is 2.31. The highest BCUT2D eigenvalue weighted by Crippen LogP contribution is 2.13. The fraction of sp³-hybridized carbons (Fsp3) is 0.611. The van der Waals surface area contributed by atoms with Gasteiger partial charge in [-0.15, -0.1) is 0 Å². The second-order valence-corrected chi connectivity index (χ2v) is 5.47. The van der Waals surface area contributed by atoms with E-state index < -0.39 is 0 Å². The number of carbonyl (C=O) groups excluding carboxylic acids is 1. The highest BCUT2D eigenvalue weighted by molar-refractivity contribution is 5.96. The topological polar surface area (TPSA) is 37.3 Å². The lowest BCUT2D eigenvalue weighted by molar-refractivity contribution is 0.0979. The Morgan fingerprint density at radius 2 is 1.80 bits per heavy atom. The maximum absolute atomic E-state index is 12.1. The van der Waals surface area contributed by atoms with E-state index in [1.807, 2.05) is 24.3 Å². The molecule has 0 aliphatic carbocycles. The zero-order chi connectivity index (χ0) is 14.6. The van der Waals surface area contributed by atoms with E-state index in [9.17, 15) is 4.79 Å². The summed E-state index contributed by atoms with van der Waals surface area (Å²) in [6.45, 7) is 2.42. The van der Waals surface area contributed by atoms with Crippen LogP contribution in [0.5, 0.6) is 0 Å². The lowest BCUT2D eigenvalue weighted by Gasteiger charge is -2.05. The minimum atomic E-state index is 0.204. The molecule has 1 aromatic carbocycles. The van der Waals surface area contributed by atoms with Crippen LogP contribution in [-0.2, 0) is 6.42 Å². The molecule has 0 heterocycles. The first-order valence-electron chi connectivity index (χ1n) is 8.01. The van der Waals surface area contributed by atoms with Crippen molar-refractivity contribution in [1.29, 1.82) is 0 Å². The Labute approximate surface area is 123 Å². The molecule has 2 nitrogen and oxygen atoms in total. The van der Waals surface area contributed by atoms with Gasteiger partial charge in [-0.05, 0) is 30.9 Å². The van der Waals surface area contributed by atoms with E-state index in [0.717, 1.165) is 36.8 Å². The first-order chi connectivity index (χ1) is 9.77. The van der Waals surface area contributed by atoms with Gasteiger partial charge in [-0.2, -0.15) is 0 Å². The third kappa shape index (κ3) is 6.85. The predicted octanol–water partition coefficient (Wildman–Crippen LogP) is 4.54. The van der Waals surface area contributed by atoms with E-state index in [1.54, 1.807) is 0 Å². The van der Waals surface area contributed by atoms with Crippen molar-refractivity contribution in [3.63, 3.8) is 0 Å². The summed E-state index contributed by atoms with van der Waals surface area (Å²) in [5, 5.41) is 8.84. The molecule has 0 atom stereocenters. The van der Waals surface area contributed by atoms with Crippen LogP contribution in [0.1, 0.15) is 74.2 Å². The molecule has 0 aromatic heterocycles. The van der Waals surface area contributed by atoms with Crippen molar-refractivity contribution in [1.82, 2.24) is 0 Å². The maximum Gasteiger partial charge on any atom is 0.162 e. The zero-order valence-corrected chi connectivity index (χ0v) is 12.7. The third-order valence-corrected chi connectivity index (χ3v) is 3.63. The van der Waals surface area contributed by atoms with Gasteiger partial charge in [0.2, 0.25) is 0 Å². The number of aliphatic hydroxyl groups is 1. The standard InChI is InChI=1S/C18H28O2/c1-2-3-4-5-6-7-13-18(20)17-12-8-10-16(15-17)11-9-14-19/h8,10,12,15,19H,2-7,9,11,13-14H2,1H3. The minimum Gasteiger partial charge on any atom is -0.396 e. The van der Waals surface area contributed by atoms with Crippen molar-refractivity contribution in [3.05, 3.63) is 35.4 Å². The number of aliphatic hydroxyl groups excluding tert-OH is 1. The first-order valence-corrected chi connectivity index (χ1v) is 8.01. The van der Waals surface area contributed by atoms with Crippen LogP contribution in [0.3, 0.4) is 0 Å². The molecular weight excluding hydrogens is 248 g/mol. The van der Waals surface area contributed by atoms with Crippen molar-refractivity contribution in [2.24, 2.45) is 0 Å². The van der Waals surface area contributed by atoms with Gasteiger partial charge < -0.3 is 5.11 Å². The average Bonchev–Trinajstić information content (AvgIpc) is 2.48. The van der Waals surface area contributed by atoms with E-state index in [-0.39, 0.29) is 12.4 Å². The van der Waals surface area contributed by atoms with E-state index in [1.165, 1.54) is 25.7 Å². The SMILES string of the molecule is CCCCCCCCC(=O)c1cccc(CCCO)c1. The molecule has 2 heteroatoms. The number of aryl methyl sites for hydroxylation is 1. The number of ketones is 1. The molecule has 0 spiro atoms. The molecule has 0 saturated carbocycles. The van der Waals surface area contributed by atoms with Gasteiger partial charge in [0, 0.05) is 18.6 Å². The second kappa shape index (κ2) is 10.6. The van der Waals surface area contributed by atoms with Crippen LogP contribution >= 0.6 is 0 Å². The molecule has 0 aliphatic heterocycles. The normalized spacial score (nSPS) is 10.7. The molecule has 0 bridgehead atoms. The molecule has 0 unspecified atom stereocenters. The molecule has 0 amide bonds. The van der Waals surface area contributed by atoms with Gasteiger partial charge in [0.25, 0.3) is 0 Å². The minimum absolute atomic E-state index is 0.204. The molecule has 20 heavy (non-hydrogen) atoms. The van der Waals surface area contributed by atoms with Crippen LogP contribution in [0.4, 0.5) is 0 Å². The summed E-state index contributed by atoms with van der Waals surface area (Å²) in [5.74, 6) is 0.256. The number of hydrogen-bond acceptors (Lipinski definition) is 2. The third-order valence-electron chi connectivity index (χ3n) is 3.63. The fourth-order valence-electron chi connectivity index (χ4n) is 2.39. The van der Waals surface area contributed by atoms with Gasteiger partial charge in [0.15, 0.2) is 5.78 Å². The quantitative estimate of drug-likeness (QED) is 0.476. The van der Waals surface area contributed by atoms with E-state index in [4.69, 9.17) is 5.11 Å². The average molecular weight is 276 g/mol. The summed E-state index contributed by atoms with van der Waals surface area (Å²) in [4.78, 5) is 12.1. The predicted molar refractivity (Wildman–Crippen MR) is 84.2 cm³/mol. The van der Waals surface area contributed by atoms with Crippen molar-refractivity contribution < 1.29 is 9.90 Å². The largest absolute Gasteiger partial charge is 0.396 e. The molecule has 0 aliphatic rings. The summed E-state index contributed by atoms with van der Waals surface area (Å²) in [5.41, 5.74) is 1.97. The van der Waals surface area contributed by atoms with Gasteiger partial charge >= 0.3 is 0 Å². The fourth-order valence-corrected chi connectivity index (χ4v) is 2.39.